The number of halogens is 1. The Hall–Kier alpha value is -1.07. The Kier molecular flexibility index (Phi) is 3.46. The first-order valence-corrected chi connectivity index (χ1v) is 5.47. The van der Waals surface area contributed by atoms with Gasteiger partial charge in [0.1, 0.15) is 0 Å². The molecule has 1 aliphatic rings. The molecule has 0 bridgehead atoms. The minimum absolute atomic E-state index is 0.100. The summed E-state index contributed by atoms with van der Waals surface area (Å²) in [5.74, 6) is 0.466. The second kappa shape index (κ2) is 4.84. The number of ether oxygens (including phenoxy) is 2. The van der Waals surface area contributed by atoms with E-state index in [-0.39, 0.29) is 16.5 Å². The first kappa shape index (κ1) is 11.4. The van der Waals surface area contributed by atoms with Crippen LogP contribution in [0.2, 0.25) is 5.15 Å². The number of rotatable bonds is 3. The molecule has 1 unspecified atom stereocenters. The average molecular weight is 245 g/mol. The number of methoxy groups -OCH3 is 1. The molecule has 1 aromatic heterocycles. The molecule has 0 radical (unpaired) electrons. The van der Waals surface area contributed by atoms with Crippen LogP contribution in [0.5, 0.6) is 5.75 Å². The fourth-order valence-corrected chi connectivity index (χ4v) is 1.96. The SMILES string of the molecule is COc1c(Cl)ncn(CC2CCOC2)c1=O. The highest BCUT2D eigenvalue weighted by molar-refractivity contribution is 6.30. The molecule has 0 aliphatic carbocycles. The minimum Gasteiger partial charge on any atom is -0.489 e. The topological polar surface area (TPSA) is 53.4 Å². The van der Waals surface area contributed by atoms with Crippen LogP contribution in [0.15, 0.2) is 11.1 Å². The molecule has 5 nitrogen and oxygen atoms in total. The van der Waals surface area contributed by atoms with Crippen LogP contribution >= 0.6 is 11.6 Å². The number of nitrogens with zero attached hydrogens (tertiary/aromatic N) is 2. The average Bonchev–Trinajstić information content (AvgIpc) is 2.76. The van der Waals surface area contributed by atoms with E-state index in [0.29, 0.717) is 19.1 Å². The van der Waals surface area contributed by atoms with Gasteiger partial charge in [0.15, 0.2) is 5.15 Å². The molecule has 1 aliphatic heterocycles. The third-order valence-electron chi connectivity index (χ3n) is 2.64. The van der Waals surface area contributed by atoms with Gasteiger partial charge in [-0.3, -0.25) is 9.36 Å². The molecule has 0 amide bonds. The van der Waals surface area contributed by atoms with Crippen molar-refractivity contribution in [2.45, 2.75) is 13.0 Å². The Balaban J connectivity index is 2.24. The molecule has 1 aromatic rings. The summed E-state index contributed by atoms with van der Waals surface area (Å²) in [4.78, 5) is 15.8. The smallest absolute Gasteiger partial charge is 0.297 e. The van der Waals surface area contributed by atoms with Crippen LogP contribution in [-0.4, -0.2) is 29.9 Å². The highest BCUT2D eigenvalue weighted by atomic mass is 35.5. The summed E-state index contributed by atoms with van der Waals surface area (Å²) in [6, 6.07) is 0. The number of aromatic nitrogens is 2. The van der Waals surface area contributed by atoms with Gasteiger partial charge in [0.25, 0.3) is 5.56 Å². The van der Waals surface area contributed by atoms with Gasteiger partial charge in [-0.15, -0.1) is 0 Å². The standard InChI is InChI=1S/C10H13ClN2O3/c1-15-8-9(11)12-6-13(10(8)14)4-7-2-3-16-5-7/h6-7H,2-5H2,1H3. The third-order valence-corrected chi connectivity index (χ3v) is 2.91. The summed E-state index contributed by atoms with van der Waals surface area (Å²) in [5.41, 5.74) is -0.241. The summed E-state index contributed by atoms with van der Waals surface area (Å²) in [6.45, 7) is 2.05. The lowest BCUT2D eigenvalue weighted by molar-refractivity contribution is 0.182. The maximum Gasteiger partial charge on any atom is 0.297 e. The van der Waals surface area contributed by atoms with E-state index >= 15 is 0 Å². The van der Waals surface area contributed by atoms with Crippen LogP contribution in [0, 0.1) is 5.92 Å². The Morgan fingerprint density at radius 3 is 3.19 bits per heavy atom. The molecule has 1 fully saturated rings. The van der Waals surface area contributed by atoms with Gasteiger partial charge in [-0.25, -0.2) is 4.98 Å². The lowest BCUT2D eigenvalue weighted by atomic mass is 10.1. The second-order valence-electron chi connectivity index (χ2n) is 3.76. The first-order chi connectivity index (χ1) is 7.72. The lowest BCUT2D eigenvalue weighted by Crippen LogP contribution is -2.25. The fourth-order valence-electron chi connectivity index (χ4n) is 1.76. The van der Waals surface area contributed by atoms with Gasteiger partial charge in [-0.1, -0.05) is 11.6 Å². The Morgan fingerprint density at radius 1 is 1.75 bits per heavy atom. The molecule has 6 heteroatoms. The van der Waals surface area contributed by atoms with Gasteiger partial charge in [0.05, 0.1) is 20.0 Å². The van der Waals surface area contributed by atoms with Crippen molar-refractivity contribution in [3.63, 3.8) is 0 Å². The van der Waals surface area contributed by atoms with Crippen LogP contribution in [0.1, 0.15) is 6.42 Å². The van der Waals surface area contributed by atoms with Crippen molar-refractivity contribution in [1.29, 1.82) is 0 Å². The Bertz CT molecular complexity index is 427. The van der Waals surface area contributed by atoms with Gasteiger partial charge in [0.2, 0.25) is 5.75 Å². The van der Waals surface area contributed by atoms with E-state index in [9.17, 15) is 4.79 Å². The van der Waals surface area contributed by atoms with Crippen LogP contribution in [0.25, 0.3) is 0 Å². The minimum atomic E-state index is -0.241. The molecule has 0 N–H and O–H groups in total. The molecule has 2 rings (SSSR count). The van der Waals surface area contributed by atoms with Crippen molar-refractivity contribution in [1.82, 2.24) is 9.55 Å². The van der Waals surface area contributed by atoms with E-state index in [2.05, 4.69) is 4.98 Å². The zero-order valence-corrected chi connectivity index (χ0v) is 9.74. The molecule has 2 heterocycles. The normalized spacial score (nSPS) is 20.0. The Morgan fingerprint density at radius 2 is 2.56 bits per heavy atom. The quantitative estimate of drug-likeness (QED) is 0.743. The van der Waals surface area contributed by atoms with Crippen molar-refractivity contribution in [2.24, 2.45) is 5.92 Å². The monoisotopic (exact) mass is 244 g/mol. The number of hydrogen-bond donors (Lipinski definition) is 0. The van der Waals surface area contributed by atoms with Crippen molar-refractivity contribution in [3.8, 4) is 5.75 Å². The van der Waals surface area contributed by atoms with Crippen LogP contribution in [-0.2, 0) is 11.3 Å². The molecule has 0 aromatic carbocycles. The summed E-state index contributed by atoms with van der Waals surface area (Å²) >= 11 is 5.74. The van der Waals surface area contributed by atoms with Gasteiger partial charge in [-0.05, 0) is 6.42 Å². The van der Waals surface area contributed by atoms with Crippen molar-refractivity contribution in [2.75, 3.05) is 20.3 Å². The van der Waals surface area contributed by atoms with Gasteiger partial charge < -0.3 is 9.47 Å². The summed E-state index contributed by atoms with van der Waals surface area (Å²) < 4.78 is 11.7. The Labute approximate surface area is 98.0 Å². The van der Waals surface area contributed by atoms with E-state index in [0.717, 1.165) is 13.0 Å². The third kappa shape index (κ3) is 2.20. The van der Waals surface area contributed by atoms with Gasteiger partial charge in [0, 0.05) is 19.1 Å². The largest absolute Gasteiger partial charge is 0.489 e. The highest BCUT2D eigenvalue weighted by Gasteiger charge is 2.18. The summed E-state index contributed by atoms with van der Waals surface area (Å²) in [7, 11) is 1.41. The maximum atomic E-state index is 11.9. The molecule has 0 saturated carbocycles. The summed E-state index contributed by atoms with van der Waals surface area (Å²) in [6.07, 6.45) is 2.42. The van der Waals surface area contributed by atoms with Gasteiger partial charge in [-0.2, -0.15) is 0 Å². The highest BCUT2D eigenvalue weighted by Crippen LogP contribution is 2.17. The molecular formula is C10H13ClN2O3. The molecule has 88 valence electrons. The number of hydrogen-bond acceptors (Lipinski definition) is 4. The predicted octanol–water partition coefficient (Wildman–Crippen LogP) is 0.942. The van der Waals surface area contributed by atoms with E-state index in [1.165, 1.54) is 18.0 Å². The van der Waals surface area contributed by atoms with Gasteiger partial charge >= 0.3 is 0 Å². The van der Waals surface area contributed by atoms with Crippen LogP contribution in [0.4, 0.5) is 0 Å². The predicted molar refractivity (Wildman–Crippen MR) is 59.0 cm³/mol. The molecule has 1 atom stereocenters. The first-order valence-electron chi connectivity index (χ1n) is 5.09. The molecule has 1 saturated heterocycles. The van der Waals surface area contributed by atoms with E-state index in [1.807, 2.05) is 0 Å². The zero-order valence-electron chi connectivity index (χ0n) is 8.98. The zero-order chi connectivity index (χ0) is 11.5. The van der Waals surface area contributed by atoms with E-state index in [1.54, 1.807) is 0 Å². The van der Waals surface area contributed by atoms with Crippen LogP contribution < -0.4 is 10.3 Å². The van der Waals surface area contributed by atoms with E-state index < -0.39 is 0 Å². The maximum absolute atomic E-state index is 11.9. The molecular weight excluding hydrogens is 232 g/mol. The van der Waals surface area contributed by atoms with Crippen LogP contribution in [0.3, 0.4) is 0 Å². The lowest BCUT2D eigenvalue weighted by Gasteiger charge is -2.11. The van der Waals surface area contributed by atoms with Crippen molar-refractivity contribution >= 4 is 11.6 Å². The molecule has 0 spiro atoms. The van der Waals surface area contributed by atoms with Crippen molar-refractivity contribution < 1.29 is 9.47 Å². The summed E-state index contributed by atoms with van der Waals surface area (Å²) in [5, 5.41) is 0.103. The fraction of sp³-hybridized carbons (Fsp3) is 0.600. The van der Waals surface area contributed by atoms with E-state index in [4.69, 9.17) is 21.1 Å². The second-order valence-corrected chi connectivity index (χ2v) is 4.11. The van der Waals surface area contributed by atoms with Crippen molar-refractivity contribution in [3.05, 3.63) is 21.8 Å². The molecule has 16 heavy (non-hydrogen) atoms.